The van der Waals surface area contributed by atoms with Gasteiger partial charge in [-0.2, -0.15) is 0 Å². The number of aromatic nitrogens is 1. The van der Waals surface area contributed by atoms with E-state index in [4.69, 9.17) is 5.73 Å². The molecule has 0 spiro atoms. The predicted octanol–water partition coefficient (Wildman–Crippen LogP) is 2.77. The van der Waals surface area contributed by atoms with E-state index in [2.05, 4.69) is 32.3 Å². The molecule has 2 unspecified atom stereocenters. The van der Waals surface area contributed by atoms with Crippen LogP contribution in [0.3, 0.4) is 0 Å². The molecule has 0 saturated heterocycles. The van der Waals surface area contributed by atoms with Crippen molar-refractivity contribution in [2.45, 2.75) is 31.7 Å². The van der Waals surface area contributed by atoms with E-state index in [1.807, 2.05) is 6.07 Å². The van der Waals surface area contributed by atoms with Crippen molar-refractivity contribution in [2.24, 2.45) is 11.7 Å². The Kier molecular flexibility index (Phi) is 4.18. The van der Waals surface area contributed by atoms with Crippen LogP contribution in [-0.4, -0.2) is 17.6 Å². The van der Waals surface area contributed by atoms with Gasteiger partial charge >= 0.3 is 0 Å². The van der Waals surface area contributed by atoms with Crippen LogP contribution in [0.5, 0.6) is 0 Å². The topological polar surface area (TPSA) is 50.9 Å². The number of pyridine rings is 1. The zero-order chi connectivity index (χ0) is 11.4. The lowest BCUT2D eigenvalue weighted by Crippen LogP contribution is -2.36. The number of nitrogens with one attached hydrogen (secondary N) is 1. The lowest BCUT2D eigenvalue weighted by molar-refractivity contribution is 0.332. The number of anilines is 1. The molecule has 3 nitrogen and oxygen atoms in total. The van der Waals surface area contributed by atoms with E-state index in [0.29, 0.717) is 12.0 Å². The zero-order valence-corrected chi connectivity index (χ0v) is 10.9. The summed E-state index contributed by atoms with van der Waals surface area (Å²) in [7, 11) is 0. The summed E-state index contributed by atoms with van der Waals surface area (Å²) in [5.41, 5.74) is 6.89. The second-order valence-electron chi connectivity index (χ2n) is 4.37. The first-order valence-electron chi connectivity index (χ1n) is 5.88. The Bertz CT molecular complexity index is 343. The number of rotatable bonds is 3. The Hall–Kier alpha value is -0.610. The minimum atomic E-state index is 0.499. The molecule has 2 rings (SSSR count). The van der Waals surface area contributed by atoms with E-state index < -0.39 is 0 Å². The Morgan fingerprint density at radius 3 is 3.00 bits per heavy atom. The van der Waals surface area contributed by atoms with Crippen molar-refractivity contribution in [1.29, 1.82) is 0 Å². The van der Waals surface area contributed by atoms with E-state index in [9.17, 15) is 0 Å². The smallest absolute Gasteiger partial charge is 0.129 e. The maximum absolute atomic E-state index is 5.82. The molecule has 1 fully saturated rings. The van der Waals surface area contributed by atoms with Gasteiger partial charge in [0.15, 0.2) is 0 Å². The highest BCUT2D eigenvalue weighted by Crippen LogP contribution is 2.28. The number of nitrogens with zero attached hydrogens (tertiary/aromatic N) is 1. The van der Waals surface area contributed by atoms with Gasteiger partial charge in [-0.3, -0.25) is 0 Å². The van der Waals surface area contributed by atoms with Crippen molar-refractivity contribution < 1.29 is 0 Å². The van der Waals surface area contributed by atoms with E-state index in [1.165, 1.54) is 25.7 Å². The SMILES string of the molecule is NCC1CCCCC1Nc1cccnc1Br. The molecule has 1 aliphatic rings. The molecule has 1 aromatic heterocycles. The zero-order valence-electron chi connectivity index (χ0n) is 9.32. The van der Waals surface area contributed by atoms with Crippen LogP contribution >= 0.6 is 15.9 Å². The van der Waals surface area contributed by atoms with Crippen LogP contribution in [0.4, 0.5) is 5.69 Å². The van der Waals surface area contributed by atoms with E-state index in [0.717, 1.165) is 16.8 Å². The van der Waals surface area contributed by atoms with Crippen molar-refractivity contribution in [2.75, 3.05) is 11.9 Å². The van der Waals surface area contributed by atoms with Crippen LogP contribution in [0.2, 0.25) is 0 Å². The van der Waals surface area contributed by atoms with Gasteiger partial charge < -0.3 is 11.1 Å². The maximum Gasteiger partial charge on any atom is 0.129 e. The average Bonchev–Trinajstić information content (AvgIpc) is 2.33. The molecule has 1 aliphatic carbocycles. The van der Waals surface area contributed by atoms with Gasteiger partial charge in [-0.15, -0.1) is 0 Å². The Labute approximate surface area is 105 Å². The maximum atomic E-state index is 5.82. The largest absolute Gasteiger partial charge is 0.380 e. The number of nitrogens with two attached hydrogens (primary N) is 1. The van der Waals surface area contributed by atoms with Gasteiger partial charge in [0, 0.05) is 12.2 Å². The van der Waals surface area contributed by atoms with Crippen LogP contribution in [0, 0.1) is 5.92 Å². The molecule has 16 heavy (non-hydrogen) atoms. The Morgan fingerprint density at radius 1 is 1.44 bits per heavy atom. The highest BCUT2D eigenvalue weighted by atomic mass is 79.9. The Morgan fingerprint density at radius 2 is 2.25 bits per heavy atom. The highest BCUT2D eigenvalue weighted by molar-refractivity contribution is 9.10. The molecular formula is C12H18BrN3. The summed E-state index contributed by atoms with van der Waals surface area (Å²) in [5, 5.41) is 3.56. The van der Waals surface area contributed by atoms with E-state index in [1.54, 1.807) is 6.20 Å². The summed E-state index contributed by atoms with van der Waals surface area (Å²) >= 11 is 3.46. The number of halogens is 1. The molecule has 0 aromatic carbocycles. The molecule has 1 heterocycles. The number of hydrogen-bond donors (Lipinski definition) is 2. The van der Waals surface area contributed by atoms with Crippen LogP contribution in [0.25, 0.3) is 0 Å². The first-order chi connectivity index (χ1) is 7.81. The van der Waals surface area contributed by atoms with Crippen LogP contribution < -0.4 is 11.1 Å². The molecule has 1 saturated carbocycles. The summed E-state index contributed by atoms with van der Waals surface area (Å²) in [6, 6.07) is 4.51. The lowest BCUT2D eigenvalue weighted by atomic mass is 9.84. The van der Waals surface area contributed by atoms with Crippen molar-refractivity contribution >= 4 is 21.6 Å². The second kappa shape index (κ2) is 5.64. The molecule has 0 aliphatic heterocycles. The minimum Gasteiger partial charge on any atom is -0.380 e. The van der Waals surface area contributed by atoms with E-state index >= 15 is 0 Å². The minimum absolute atomic E-state index is 0.499. The third-order valence-electron chi connectivity index (χ3n) is 3.31. The molecular weight excluding hydrogens is 266 g/mol. The number of hydrogen-bond acceptors (Lipinski definition) is 3. The van der Waals surface area contributed by atoms with Gasteiger partial charge in [0.2, 0.25) is 0 Å². The lowest BCUT2D eigenvalue weighted by Gasteiger charge is -2.32. The predicted molar refractivity (Wildman–Crippen MR) is 70.4 cm³/mol. The molecule has 4 heteroatoms. The summed E-state index contributed by atoms with van der Waals surface area (Å²) in [6.07, 6.45) is 6.85. The summed E-state index contributed by atoms with van der Waals surface area (Å²) < 4.78 is 0.886. The van der Waals surface area contributed by atoms with Gasteiger partial charge in [0.25, 0.3) is 0 Å². The standard InChI is InChI=1S/C12H18BrN3/c13-12-11(6-3-7-15-12)16-10-5-2-1-4-9(10)8-14/h3,6-7,9-10,16H,1-2,4-5,8,14H2. The van der Waals surface area contributed by atoms with Gasteiger partial charge in [-0.1, -0.05) is 12.8 Å². The fourth-order valence-electron chi connectivity index (χ4n) is 2.37. The fourth-order valence-corrected chi connectivity index (χ4v) is 2.74. The summed E-state index contributed by atoms with van der Waals surface area (Å²) in [5.74, 6) is 0.598. The first-order valence-corrected chi connectivity index (χ1v) is 6.67. The highest BCUT2D eigenvalue weighted by Gasteiger charge is 2.24. The van der Waals surface area contributed by atoms with Crippen LogP contribution in [0.1, 0.15) is 25.7 Å². The van der Waals surface area contributed by atoms with Gasteiger partial charge in [0.05, 0.1) is 5.69 Å². The van der Waals surface area contributed by atoms with Crippen molar-refractivity contribution in [3.63, 3.8) is 0 Å². The third kappa shape index (κ3) is 2.74. The summed E-state index contributed by atoms with van der Waals surface area (Å²) in [6.45, 7) is 0.773. The second-order valence-corrected chi connectivity index (χ2v) is 5.12. The van der Waals surface area contributed by atoms with Crippen molar-refractivity contribution in [1.82, 2.24) is 4.98 Å². The van der Waals surface area contributed by atoms with Gasteiger partial charge in [-0.05, 0) is 53.4 Å². The average molecular weight is 284 g/mol. The van der Waals surface area contributed by atoms with Crippen LogP contribution in [-0.2, 0) is 0 Å². The monoisotopic (exact) mass is 283 g/mol. The van der Waals surface area contributed by atoms with E-state index in [-0.39, 0.29) is 0 Å². The van der Waals surface area contributed by atoms with Crippen LogP contribution in [0.15, 0.2) is 22.9 Å². The molecule has 88 valence electrons. The fraction of sp³-hybridized carbons (Fsp3) is 0.583. The quantitative estimate of drug-likeness (QED) is 0.839. The first kappa shape index (κ1) is 11.9. The third-order valence-corrected chi connectivity index (χ3v) is 3.94. The molecule has 1 aromatic rings. The molecule has 0 amide bonds. The normalized spacial score (nSPS) is 25.4. The Balaban J connectivity index is 2.05. The van der Waals surface area contributed by atoms with Crippen molar-refractivity contribution in [3.8, 4) is 0 Å². The molecule has 3 N–H and O–H groups in total. The van der Waals surface area contributed by atoms with Gasteiger partial charge in [-0.25, -0.2) is 4.98 Å². The molecule has 2 atom stereocenters. The summed E-state index contributed by atoms with van der Waals surface area (Å²) in [4.78, 5) is 4.22. The van der Waals surface area contributed by atoms with Crippen molar-refractivity contribution in [3.05, 3.63) is 22.9 Å². The molecule has 0 bridgehead atoms. The molecule has 0 radical (unpaired) electrons. The van der Waals surface area contributed by atoms with Gasteiger partial charge in [0.1, 0.15) is 4.60 Å².